The van der Waals surface area contributed by atoms with E-state index in [0.717, 1.165) is 19.5 Å². The Balaban J connectivity index is 1.98. The van der Waals surface area contributed by atoms with E-state index in [0.29, 0.717) is 25.2 Å². The zero-order valence-electron chi connectivity index (χ0n) is 10.8. The quantitative estimate of drug-likeness (QED) is 0.804. The molecule has 1 amide bonds. The molecule has 1 N–H and O–H groups in total. The molecule has 2 rings (SSSR count). The first-order valence-electron chi connectivity index (χ1n) is 6.45. The number of nitrogens with zero attached hydrogens (tertiary/aromatic N) is 3. The van der Waals surface area contributed by atoms with Crippen molar-refractivity contribution in [1.82, 2.24) is 14.8 Å². The second-order valence-electron chi connectivity index (χ2n) is 4.58. The number of rotatable bonds is 3. The smallest absolute Gasteiger partial charge is 0.255 e. The summed E-state index contributed by atoms with van der Waals surface area (Å²) in [5.41, 5.74) is 0.414. The van der Waals surface area contributed by atoms with Crippen molar-refractivity contribution in [2.24, 2.45) is 0 Å². The summed E-state index contributed by atoms with van der Waals surface area (Å²) >= 11 is 0. The molecule has 1 aromatic rings. The van der Waals surface area contributed by atoms with Gasteiger partial charge in [0, 0.05) is 32.4 Å². The summed E-state index contributed by atoms with van der Waals surface area (Å²) in [6, 6.07) is 2.66. The Morgan fingerprint density at radius 3 is 2.84 bits per heavy atom. The highest BCUT2D eigenvalue weighted by Gasteiger charge is 2.20. The van der Waals surface area contributed by atoms with E-state index in [4.69, 9.17) is 5.11 Å². The van der Waals surface area contributed by atoms with Crippen molar-refractivity contribution < 1.29 is 14.3 Å². The van der Waals surface area contributed by atoms with Crippen molar-refractivity contribution in [2.45, 2.75) is 6.42 Å². The molecule has 5 nitrogen and oxygen atoms in total. The van der Waals surface area contributed by atoms with Crippen LogP contribution in [-0.2, 0) is 0 Å². The lowest BCUT2D eigenvalue weighted by molar-refractivity contribution is 0.0760. The van der Waals surface area contributed by atoms with Crippen molar-refractivity contribution in [2.75, 3.05) is 39.3 Å². The van der Waals surface area contributed by atoms with Crippen LogP contribution < -0.4 is 0 Å². The zero-order chi connectivity index (χ0) is 13.7. The Bertz CT molecular complexity index is 424. The topological polar surface area (TPSA) is 56.7 Å². The van der Waals surface area contributed by atoms with Gasteiger partial charge < -0.3 is 10.0 Å². The fraction of sp³-hybridized carbons (Fsp3) is 0.538. The number of aliphatic hydroxyl groups excluding tert-OH is 1. The molecule has 1 saturated heterocycles. The van der Waals surface area contributed by atoms with Crippen molar-refractivity contribution in [1.29, 1.82) is 0 Å². The summed E-state index contributed by atoms with van der Waals surface area (Å²) in [5.74, 6) is -0.695. The number of aliphatic hydroxyl groups is 1. The zero-order valence-corrected chi connectivity index (χ0v) is 10.8. The van der Waals surface area contributed by atoms with Gasteiger partial charge in [-0.25, -0.2) is 4.98 Å². The molecule has 104 valence electrons. The van der Waals surface area contributed by atoms with Crippen LogP contribution in [0.2, 0.25) is 0 Å². The van der Waals surface area contributed by atoms with Crippen molar-refractivity contribution in [3.8, 4) is 0 Å². The highest BCUT2D eigenvalue weighted by Crippen LogP contribution is 2.09. The summed E-state index contributed by atoms with van der Waals surface area (Å²) in [6.45, 7) is 3.71. The average Bonchev–Trinajstić information content (AvgIpc) is 2.65. The van der Waals surface area contributed by atoms with Gasteiger partial charge in [0.15, 0.2) is 0 Å². The van der Waals surface area contributed by atoms with Gasteiger partial charge in [-0.05, 0) is 25.1 Å². The molecule has 19 heavy (non-hydrogen) atoms. The van der Waals surface area contributed by atoms with Crippen LogP contribution in [0, 0.1) is 5.95 Å². The predicted octanol–water partition coefficient (Wildman–Crippen LogP) is 0.361. The lowest BCUT2D eigenvalue weighted by Gasteiger charge is -2.21. The normalized spacial score (nSPS) is 17.3. The van der Waals surface area contributed by atoms with Gasteiger partial charge in [-0.2, -0.15) is 4.39 Å². The van der Waals surface area contributed by atoms with Gasteiger partial charge in [-0.1, -0.05) is 0 Å². The number of carbonyl (C=O) groups excluding carboxylic acids is 1. The van der Waals surface area contributed by atoms with Crippen LogP contribution in [0.3, 0.4) is 0 Å². The molecule has 1 fully saturated rings. The van der Waals surface area contributed by atoms with Gasteiger partial charge in [-0.15, -0.1) is 0 Å². The van der Waals surface area contributed by atoms with Gasteiger partial charge in [0.2, 0.25) is 5.95 Å². The third-order valence-electron chi connectivity index (χ3n) is 3.27. The molecule has 0 radical (unpaired) electrons. The lowest BCUT2D eigenvalue weighted by atomic mass is 10.2. The fourth-order valence-electron chi connectivity index (χ4n) is 2.22. The molecule has 1 aliphatic rings. The Labute approximate surface area is 111 Å². The fourth-order valence-corrected chi connectivity index (χ4v) is 2.22. The van der Waals surface area contributed by atoms with E-state index < -0.39 is 5.95 Å². The minimum Gasteiger partial charge on any atom is -0.395 e. The molecule has 1 aromatic heterocycles. The largest absolute Gasteiger partial charge is 0.395 e. The van der Waals surface area contributed by atoms with Crippen LogP contribution in [0.15, 0.2) is 18.3 Å². The van der Waals surface area contributed by atoms with E-state index in [1.54, 1.807) is 4.90 Å². The van der Waals surface area contributed by atoms with Crippen LogP contribution in [0.25, 0.3) is 0 Å². The third kappa shape index (κ3) is 3.71. The maximum atomic E-state index is 12.7. The highest BCUT2D eigenvalue weighted by molar-refractivity contribution is 5.93. The number of hydrogen-bond acceptors (Lipinski definition) is 4. The first kappa shape index (κ1) is 13.9. The molecule has 0 atom stereocenters. The monoisotopic (exact) mass is 267 g/mol. The van der Waals surface area contributed by atoms with Crippen molar-refractivity contribution >= 4 is 5.91 Å². The number of β-amino-alcohol motifs (C(OH)–C–C–N with tert-alkyl or cyclic N) is 1. The second kappa shape index (κ2) is 6.58. The standard InChI is InChI=1S/C13H18FN3O2/c14-12-3-2-11(10-15-12)13(19)17-5-1-4-16(6-7-17)8-9-18/h2-3,10,18H,1,4-9H2. The van der Waals surface area contributed by atoms with Gasteiger partial charge in [0.25, 0.3) is 5.91 Å². The van der Waals surface area contributed by atoms with E-state index in [1.807, 2.05) is 0 Å². The maximum Gasteiger partial charge on any atom is 0.255 e. The predicted molar refractivity (Wildman–Crippen MR) is 68.2 cm³/mol. The first-order valence-corrected chi connectivity index (χ1v) is 6.45. The molecule has 0 unspecified atom stereocenters. The Morgan fingerprint density at radius 2 is 2.16 bits per heavy atom. The SMILES string of the molecule is O=C(c1ccc(F)nc1)N1CCCN(CCO)CC1. The van der Waals surface area contributed by atoms with Crippen LogP contribution in [-0.4, -0.2) is 65.1 Å². The Hall–Kier alpha value is -1.53. The maximum absolute atomic E-state index is 12.7. The van der Waals surface area contributed by atoms with E-state index in [9.17, 15) is 9.18 Å². The van der Waals surface area contributed by atoms with E-state index >= 15 is 0 Å². The minimum atomic E-state index is -0.582. The Kier molecular flexibility index (Phi) is 4.81. The van der Waals surface area contributed by atoms with E-state index in [-0.39, 0.29) is 12.5 Å². The molecule has 1 aliphatic heterocycles. The van der Waals surface area contributed by atoms with Gasteiger partial charge in [0.05, 0.1) is 12.2 Å². The number of amides is 1. The molecule has 6 heteroatoms. The summed E-state index contributed by atoms with van der Waals surface area (Å²) < 4.78 is 12.7. The summed E-state index contributed by atoms with van der Waals surface area (Å²) in [6.07, 6.45) is 2.15. The number of halogens is 1. The van der Waals surface area contributed by atoms with Gasteiger partial charge in [0.1, 0.15) is 0 Å². The number of hydrogen-bond donors (Lipinski definition) is 1. The van der Waals surface area contributed by atoms with Crippen molar-refractivity contribution in [3.63, 3.8) is 0 Å². The summed E-state index contributed by atoms with van der Waals surface area (Å²) in [7, 11) is 0. The van der Waals surface area contributed by atoms with Crippen LogP contribution >= 0.6 is 0 Å². The average molecular weight is 267 g/mol. The molecular formula is C13H18FN3O2. The van der Waals surface area contributed by atoms with Crippen LogP contribution in [0.1, 0.15) is 16.8 Å². The summed E-state index contributed by atoms with van der Waals surface area (Å²) in [5, 5.41) is 8.92. The second-order valence-corrected chi connectivity index (χ2v) is 4.58. The van der Waals surface area contributed by atoms with Crippen LogP contribution in [0.4, 0.5) is 4.39 Å². The molecule has 0 saturated carbocycles. The molecule has 0 aromatic carbocycles. The first-order chi connectivity index (χ1) is 9.20. The van der Waals surface area contributed by atoms with Crippen LogP contribution in [0.5, 0.6) is 0 Å². The van der Waals surface area contributed by atoms with Gasteiger partial charge >= 0.3 is 0 Å². The van der Waals surface area contributed by atoms with E-state index in [1.165, 1.54) is 18.3 Å². The molecule has 2 heterocycles. The van der Waals surface area contributed by atoms with Gasteiger partial charge in [-0.3, -0.25) is 9.69 Å². The highest BCUT2D eigenvalue weighted by atomic mass is 19.1. The minimum absolute atomic E-state index is 0.113. The number of aromatic nitrogens is 1. The molecular weight excluding hydrogens is 249 g/mol. The molecule has 0 bridgehead atoms. The lowest BCUT2D eigenvalue weighted by Crippen LogP contribution is -2.36. The Morgan fingerprint density at radius 1 is 1.32 bits per heavy atom. The molecule has 0 aliphatic carbocycles. The molecule has 0 spiro atoms. The number of pyridine rings is 1. The number of carbonyl (C=O) groups is 1. The third-order valence-corrected chi connectivity index (χ3v) is 3.27. The van der Waals surface area contributed by atoms with Crippen molar-refractivity contribution in [3.05, 3.63) is 29.8 Å². The van der Waals surface area contributed by atoms with E-state index in [2.05, 4.69) is 9.88 Å². The summed E-state index contributed by atoms with van der Waals surface area (Å²) in [4.78, 5) is 19.6.